The van der Waals surface area contributed by atoms with Gasteiger partial charge in [0.2, 0.25) is 0 Å². The lowest BCUT2D eigenvalue weighted by Gasteiger charge is -2.13. The summed E-state index contributed by atoms with van der Waals surface area (Å²) in [7, 11) is 0. The molecule has 0 fully saturated rings. The summed E-state index contributed by atoms with van der Waals surface area (Å²) in [6.07, 6.45) is 1.25. The van der Waals surface area contributed by atoms with Crippen molar-refractivity contribution in [1.29, 1.82) is 0 Å². The maximum absolute atomic E-state index is 4.93. The summed E-state index contributed by atoms with van der Waals surface area (Å²) < 4.78 is 2.58. The first kappa shape index (κ1) is 13.2. The molecule has 0 saturated carbocycles. The molecule has 0 bridgehead atoms. The van der Waals surface area contributed by atoms with Crippen LogP contribution < -0.4 is 0 Å². The standard InChI is InChI=1S/C4H8N2S6/c7-3(5(9)10)1-2-4(8)6(11)12/h9-12H,1-2H2. The van der Waals surface area contributed by atoms with Crippen LogP contribution in [0.3, 0.4) is 0 Å². The van der Waals surface area contributed by atoms with Crippen LogP contribution in [0.15, 0.2) is 0 Å². The van der Waals surface area contributed by atoms with Crippen LogP contribution in [-0.4, -0.2) is 17.4 Å². The van der Waals surface area contributed by atoms with Gasteiger partial charge in [-0.25, -0.2) is 0 Å². The number of thiocarbonyl (C=S) groups is 2. The van der Waals surface area contributed by atoms with E-state index in [9.17, 15) is 0 Å². The molecule has 2 nitrogen and oxygen atoms in total. The molecular formula is C4H8N2S6. The van der Waals surface area contributed by atoms with Crippen LogP contribution in [0, 0.1) is 0 Å². The molecule has 8 heteroatoms. The van der Waals surface area contributed by atoms with Crippen LogP contribution in [0.4, 0.5) is 0 Å². The Labute approximate surface area is 105 Å². The zero-order valence-electron chi connectivity index (χ0n) is 5.91. The third-order valence-corrected chi connectivity index (χ3v) is 3.28. The lowest BCUT2D eigenvalue weighted by atomic mass is 10.3. The van der Waals surface area contributed by atoms with Crippen molar-refractivity contribution >= 4 is 85.7 Å². The molecule has 0 aliphatic heterocycles. The van der Waals surface area contributed by atoms with Gasteiger partial charge in [-0.3, -0.25) is 7.42 Å². The first-order valence-corrected chi connectivity index (χ1v) is 5.28. The van der Waals surface area contributed by atoms with Crippen LogP contribution in [0.5, 0.6) is 0 Å². The van der Waals surface area contributed by atoms with Crippen LogP contribution in [0.2, 0.25) is 0 Å². The summed E-state index contributed by atoms with van der Waals surface area (Å²) in [6.45, 7) is 0. The molecule has 0 spiro atoms. The van der Waals surface area contributed by atoms with Crippen molar-refractivity contribution in [3.05, 3.63) is 0 Å². The van der Waals surface area contributed by atoms with E-state index in [4.69, 9.17) is 24.4 Å². The van der Waals surface area contributed by atoms with Gasteiger partial charge in [-0.1, -0.05) is 75.7 Å². The monoisotopic (exact) mass is 276 g/mol. The van der Waals surface area contributed by atoms with E-state index in [2.05, 4.69) is 51.3 Å². The summed E-state index contributed by atoms with van der Waals surface area (Å²) in [5.74, 6) is 0. The molecule has 0 aromatic heterocycles. The van der Waals surface area contributed by atoms with E-state index in [1.54, 1.807) is 0 Å². The van der Waals surface area contributed by atoms with Crippen molar-refractivity contribution in [3.8, 4) is 0 Å². The smallest absolute Gasteiger partial charge is 0.0992 e. The molecule has 0 N–H and O–H groups in total. The Morgan fingerprint density at radius 3 is 1.25 bits per heavy atom. The second-order valence-corrected chi connectivity index (χ2v) is 5.04. The number of rotatable bonds is 3. The maximum Gasteiger partial charge on any atom is 0.0992 e. The van der Waals surface area contributed by atoms with Gasteiger partial charge < -0.3 is 0 Å². The van der Waals surface area contributed by atoms with Gasteiger partial charge in [0.15, 0.2) is 0 Å². The predicted octanol–water partition coefficient (Wildman–Crippen LogP) is 2.40. The maximum atomic E-state index is 4.93. The molecule has 0 amide bonds. The average Bonchev–Trinajstić information content (AvgIpc) is 1.98. The molecule has 70 valence electrons. The van der Waals surface area contributed by atoms with Gasteiger partial charge in [-0.05, 0) is 0 Å². The first-order chi connectivity index (χ1) is 5.45. The third kappa shape index (κ3) is 5.76. The van der Waals surface area contributed by atoms with Gasteiger partial charge in [-0.2, -0.15) is 0 Å². The van der Waals surface area contributed by atoms with Gasteiger partial charge in [0.1, 0.15) is 0 Å². The Bertz CT molecular complexity index is 158. The minimum Gasteiger partial charge on any atom is -0.258 e. The van der Waals surface area contributed by atoms with E-state index in [0.29, 0.717) is 22.8 Å². The molecular weight excluding hydrogens is 268 g/mol. The predicted molar refractivity (Wildman–Crippen MR) is 74.1 cm³/mol. The molecule has 0 aliphatic rings. The van der Waals surface area contributed by atoms with Crippen molar-refractivity contribution in [2.45, 2.75) is 12.8 Å². The van der Waals surface area contributed by atoms with Crippen molar-refractivity contribution in [2.24, 2.45) is 0 Å². The van der Waals surface area contributed by atoms with E-state index >= 15 is 0 Å². The number of nitrogens with zero attached hydrogens (tertiary/aromatic N) is 2. The first-order valence-electron chi connectivity index (χ1n) is 2.86. The summed E-state index contributed by atoms with van der Waals surface area (Å²) in [6, 6.07) is 0. The number of thiol groups is 4. The van der Waals surface area contributed by atoms with Crippen LogP contribution >= 0.6 is 75.7 Å². The molecule has 0 radical (unpaired) electrons. The van der Waals surface area contributed by atoms with E-state index in [1.165, 1.54) is 7.42 Å². The van der Waals surface area contributed by atoms with Gasteiger partial charge >= 0.3 is 0 Å². The second-order valence-electron chi connectivity index (χ2n) is 1.87. The van der Waals surface area contributed by atoms with Crippen LogP contribution in [0.1, 0.15) is 12.8 Å². The Hall–Kier alpha value is 1.18. The van der Waals surface area contributed by atoms with E-state index < -0.39 is 0 Å². The lowest BCUT2D eigenvalue weighted by molar-refractivity contribution is 1.01. The van der Waals surface area contributed by atoms with Crippen LogP contribution in [0.25, 0.3) is 0 Å². The molecule has 0 aliphatic carbocycles. The zero-order chi connectivity index (χ0) is 9.72. The Kier molecular flexibility index (Phi) is 7.26. The summed E-state index contributed by atoms with van der Waals surface area (Å²) >= 11 is 25.5. The summed E-state index contributed by atoms with van der Waals surface area (Å²) in [4.78, 5) is 1.24. The van der Waals surface area contributed by atoms with Crippen molar-refractivity contribution in [2.75, 3.05) is 0 Å². The molecule has 0 aromatic carbocycles. The topological polar surface area (TPSA) is 6.48 Å². The molecule has 12 heavy (non-hydrogen) atoms. The second kappa shape index (κ2) is 6.61. The summed E-state index contributed by atoms with van der Waals surface area (Å²) in [5, 5.41) is 0. The molecule has 0 unspecified atom stereocenters. The number of hydrogen-bond acceptors (Lipinski definition) is 6. The van der Waals surface area contributed by atoms with Crippen molar-refractivity contribution in [1.82, 2.24) is 7.42 Å². The molecule has 0 rings (SSSR count). The minimum atomic E-state index is 0.618. The third-order valence-electron chi connectivity index (χ3n) is 0.999. The van der Waals surface area contributed by atoms with Gasteiger partial charge in [0.25, 0.3) is 0 Å². The van der Waals surface area contributed by atoms with Gasteiger partial charge in [0, 0.05) is 12.8 Å². The van der Waals surface area contributed by atoms with E-state index in [1.807, 2.05) is 0 Å². The fourth-order valence-corrected chi connectivity index (χ4v) is 1.02. The zero-order valence-corrected chi connectivity index (χ0v) is 11.1. The van der Waals surface area contributed by atoms with Crippen molar-refractivity contribution in [3.63, 3.8) is 0 Å². The highest BCUT2D eigenvalue weighted by Gasteiger charge is 2.05. The highest BCUT2D eigenvalue weighted by molar-refractivity contribution is 7.97. The van der Waals surface area contributed by atoms with Gasteiger partial charge in [-0.15, -0.1) is 0 Å². The van der Waals surface area contributed by atoms with E-state index in [0.717, 1.165) is 0 Å². The lowest BCUT2D eigenvalue weighted by Crippen LogP contribution is -2.14. The average molecular weight is 277 g/mol. The van der Waals surface area contributed by atoms with E-state index in [-0.39, 0.29) is 0 Å². The SMILES string of the molecule is S=C(CCC(=S)N(S)S)N(S)S. The molecule has 0 aromatic rings. The highest BCUT2D eigenvalue weighted by atomic mass is 32.2. The van der Waals surface area contributed by atoms with Crippen molar-refractivity contribution < 1.29 is 0 Å². The fourth-order valence-electron chi connectivity index (χ4n) is 0.414. The molecule has 0 saturated heterocycles. The normalized spacial score (nSPS) is 9.33. The Morgan fingerprint density at radius 1 is 0.833 bits per heavy atom. The van der Waals surface area contributed by atoms with Crippen LogP contribution in [-0.2, 0) is 0 Å². The quantitative estimate of drug-likeness (QED) is 0.464. The summed E-state index contributed by atoms with van der Waals surface area (Å²) in [5.41, 5.74) is 0. The Balaban J connectivity index is 3.69. The largest absolute Gasteiger partial charge is 0.258 e. The highest BCUT2D eigenvalue weighted by Crippen LogP contribution is 2.10. The minimum absolute atomic E-state index is 0.618. The molecule has 0 atom stereocenters. The number of hydrogen-bond donors (Lipinski definition) is 4. The fraction of sp³-hybridized carbons (Fsp3) is 0.500. The Morgan fingerprint density at radius 2 is 1.08 bits per heavy atom. The van der Waals surface area contributed by atoms with Gasteiger partial charge in [0.05, 0.1) is 9.98 Å². The molecule has 0 heterocycles.